The summed E-state index contributed by atoms with van der Waals surface area (Å²) in [5.74, 6) is -0.914. The SMILES string of the molecule is O=[N+]([O-])c1c(F)cccc1Nc1cc(Cl)cc(Cl)c1. The van der Waals surface area contributed by atoms with Crippen LogP contribution >= 0.6 is 23.2 Å². The molecule has 0 fully saturated rings. The van der Waals surface area contributed by atoms with Crippen molar-refractivity contribution < 1.29 is 9.31 Å². The maximum Gasteiger partial charge on any atom is 0.327 e. The van der Waals surface area contributed by atoms with Crippen molar-refractivity contribution in [2.45, 2.75) is 0 Å². The Balaban J connectivity index is 2.43. The molecule has 2 rings (SSSR count). The Kier molecular flexibility index (Phi) is 3.87. The van der Waals surface area contributed by atoms with E-state index in [0.29, 0.717) is 15.7 Å². The van der Waals surface area contributed by atoms with E-state index in [1.807, 2.05) is 0 Å². The van der Waals surface area contributed by atoms with Gasteiger partial charge in [-0.1, -0.05) is 29.3 Å². The number of benzene rings is 2. The molecule has 0 radical (unpaired) electrons. The smallest absolute Gasteiger partial charge is 0.327 e. The summed E-state index contributed by atoms with van der Waals surface area (Å²) in [6.07, 6.45) is 0. The summed E-state index contributed by atoms with van der Waals surface area (Å²) >= 11 is 11.6. The van der Waals surface area contributed by atoms with Crippen molar-refractivity contribution in [3.63, 3.8) is 0 Å². The molecule has 0 aliphatic carbocycles. The largest absolute Gasteiger partial charge is 0.350 e. The van der Waals surface area contributed by atoms with E-state index in [1.165, 1.54) is 30.3 Å². The lowest BCUT2D eigenvalue weighted by Gasteiger charge is -2.08. The fourth-order valence-corrected chi connectivity index (χ4v) is 2.11. The zero-order valence-corrected chi connectivity index (χ0v) is 10.9. The average Bonchev–Trinajstić information content (AvgIpc) is 2.26. The summed E-state index contributed by atoms with van der Waals surface area (Å²) in [7, 11) is 0. The van der Waals surface area contributed by atoms with Crippen molar-refractivity contribution in [2.75, 3.05) is 5.32 Å². The minimum absolute atomic E-state index is 0.0309. The molecule has 0 heterocycles. The molecule has 98 valence electrons. The van der Waals surface area contributed by atoms with Gasteiger partial charge in [0.2, 0.25) is 5.82 Å². The van der Waals surface area contributed by atoms with E-state index in [1.54, 1.807) is 0 Å². The number of halogens is 3. The van der Waals surface area contributed by atoms with Crippen molar-refractivity contribution in [3.8, 4) is 0 Å². The summed E-state index contributed by atoms with van der Waals surface area (Å²) in [4.78, 5) is 10.1. The van der Waals surface area contributed by atoms with Gasteiger partial charge in [0, 0.05) is 15.7 Å². The maximum absolute atomic E-state index is 13.4. The molecule has 0 spiro atoms. The monoisotopic (exact) mass is 300 g/mol. The first-order valence-corrected chi connectivity index (χ1v) is 5.89. The van der Waals surface area contributed by atoms with Crippen molar-refractivity contribution in [3.05, 3.63) is 62.4 Å². The molecule has 0 bridgehead atoms. The van der Waals surface area contributed by atoms with Gasteiger partial charge in [0.25, 0.3) is 0 Å². The average molecular weight is 301 g/mol. The number of anilines is 2. The Hall–Kier alpha value is -1.85. The van der Waals surface area contributed by atoms with Crippen LogP contribution < -0.4 is 5.32 Å². The van der Waals surface area contributed by atoms with Crippen LogP contribution in [0.15, 0.2) is 36.4 Å². The summed E-state index contributed by atoms with van der Waals surface area (Å²) < 4.78 is 13.4. The molecule has 0 unspecified atom stereocenters. The van der Waals surface area contributed by atoms with Crippen LogP contribution in [0.1, 0.15) is 0 Å². The van der Waals surface area contributed by atoms with Gasteiger partial charge in [-0.2, -0.15) is 4.39 Å². The number of rotatable bonds is 3. The zero-order chi connectivity index (χ0) is 14.0. The molecule has 0 saturated heterocycles. The highest BCUT2D eigenvalue weighted by Crippen LogP contribution is 2.31. The number of nitrogens with one attached hydrogen (secondary N) is 1. The molecule has 0 aliphatic heterocycles. The third-order valence-electron chi connectivity index (χ3n) is 2.31. The van der Waals surface area contributed by atoms with Crippen molar-refractivity contribution >= 4 is 40.3 Å². The molecule has 0 amide bonds. The molecule has 0 saturated carbocycles. The topological polar surface area (TPSA) is 55.2 Å². The predicted octanol–water partition coefficient (Wildman–Crippen LogP) is 4.78. The highest BCUT2D eigenvalue weighted by Gasteiger charge is 2.19. The number of nitro benzene ring substituents is 1. The van der Waals surface area contributed by atoms with Gasteiger partial charge in [0.05, 0.1) is 4.92 Å². The third kappa shape index (κ3) is 3.13. The molecular formula is C12H7Cl2FN2O2. The second-order valence-corrected chi connectivity index (χ2v) is 4.55. The summed E-state index contributed by atoms with van der Waals surface area (Å²) in [5, 5.41) is 14.3. The van der Waals surface area contributed by atoms with Gasteiger partial charge >= 0.3 is 5.69 Å². The maximum atomic E-state index is 13.4. The Morgan fingerprint density at radius 3 is 2.37 bits per heavy atom. The highest BCUT2D eigenvalue weighted by atomic mass is 35.5. The number of nitro groups is 1. The number of para-hydroxylation sites is 1. The van der Waals surface area contributed by atoms with E-state index in [0.717, 1.165) is 6.07 Å². The van der Waals surface area contributed by atoms with Crippen LogP contribution in [-0.4, -0.2) is 4.92 Å². The summed E-state index contributed by atoms with van der Waals surface area (Å²) in [6, 6.07) is 8.37. The van der Waals surface area contributed by atoms with E-state index in [2.05, 4.69) is 5.32 Å². The van der Waals surface area contributed by atoms with Crippen LogP contribution in [0.25, 0.3) is 0 Å². The van der Waals surface area contributed by atoms with E-state index >= 15 is 0 Å². The first kappa shape index (κ1) is 13.6. The predicted molar refractivity (Wildman–Crippen MR) is 72.8 cm³/mol. The first-order chi connectivity index (χ1) is 8.97. The third-order valence-corrected chi connectivity index (χ3v) is 2.75. The lowest BCUT2D eigenvalue weighted by atomic mass is 10.2. The van der Waals surface area contributed by atoms with Gasteiger partial charge in [-0.3, -0.25) is 10.1 Å². The van der Waals surface area contributed by atoms with E-state index in [9.17, 15) is 14.5 Å². The molecule has 0 aromatic heterocycles. The van der Waals surface area contributed by atoms with Crippen LogP contribution in [0.2, 0.25) is 10.0 Å². The van der Waals surface area contributed by atoms with E-state index in [-0.39, 0.29) is 5.69 Å². The quantitative estimate of drug-likeness (QED) is 0.655. The molecule has 19 heavy (non-hydrogen) atoms. The van der Waals surface area contributed by atoms with Crippen LogP contribution in [0.4, 0.5) is 21.5 Å². The second kappa shape index (κ2) is 5.42. The first-order valence-electron chi connectivity index (χ1n) is 5.13. The zero-order valence-electron chi connectivity index (χ0n) is 9.36. The van der Waals surface area contributed by atoms with Crippen molar-refractivity contribution in [1.29, 1.82) is 0 Å². The Morgan fingerprint density at radius 2 is 1.79 bits per heavy atom. The van der Waals surface area contributed by atoms with Crippen LogP contribution in [-0.2, 0) is 0 Å². The van der Waals surface area contributed by atoms with Crippen LogP contribution in [0, 0.1) is 15.9 Å². The normalized spacial score (nSPS) is 10.3. The minimum Gasteiger partial charge on any atom is -0.350 e. The lowest BCUT2D eigenvalue weighted by molar-refractivity contribution is -0.386. The Morgan fingerprint density at radius 1 is 1.16 bits per heavy atom. The summed E-state index contributed by atoms with van der Waals surface area (Å²) in [5.41, 5.74) is -0.159. The molecule has 2 aromatic carbocycles. The fourth-order valence-electron chi connectivity index (χ4n) is 1.58. The van der Waals surface area contributed by atoms with Gasteiger partial charge in [-0.05, 0) is 30.3 Å². The fraction of sp³-hybridized carbons (Fsp3) is 0. The molecule has 7 heteroatoms. The van der Waals surface area contributed by atoms with Crippen LogP contribution in [0.3, 0.4) is 0 Å². The van der Waals surface area contributed by atoms with Crippen molar-refractivity contribution in [2.24, 2.45) is 0 Å². The molecule has 0 aliphatic rings. The molecule has 2 aromatic rings. The Bertz CT molecular complexity index is 629. The van der Waals surface area contributed by atoms with Crippen LogP contribution in [0.5, 0.6) is 0 Å². The second-order valence-electron chi connectivity index (χ2n) is 3.68. The van der Waals surface area contributed by atoms with E-state index < -0.39 is 16.4 Å². The van der Waals surface area contributed by atoms with Crippen molar-refractivity contribution in [1.82, 2.24) is 0 Å². The standard InChI is InChI=1S/C12H7Cl2FN2O2/c13-7-4-8(14)6-9(5-7)16-11-3-1-2-10(15)12(11)17(18)19/h1-6,16H. The van der Waals surface area contributed by atoms with Gasteiger partial charge in [-0.25, -0.2) is 0 Å². The highest BCUT2D eigenvalue weighted by molar-refractivity contribution is 6.35. The number of nitrogens with zero attached hydrogens (tertiary/aromatic N) is 1. The molecule has 4 nitrogen and oxygen atoms in total. The lowest BCUT2D eigenvalue weighted by Crippen LogP contribution is -1.99. The molecular weight excluding hydrogens is 294 g/mol. The van der Waals surface area contributed by atoms with Gasteiger partial charge in [-0.15, -0.1) is 0 Å². The molecule has 1 N–H and O–H groups in total. The number of hydrogen-bond donors (Lipinski definition) is 1. The van der Waals surface area contributed by atoms with Gasteiger partial charge in [0.1, 0.15) is 5.69 Å². The Labute approximate surface area is 117 Å². The number of hydrogen-bond acceptors (Lipinski definition) is 3. The minimum atomic E-state index is -0.914. The summed E-state index contributed by atoms with van der Waals surface area (Å²) in [6.45, 7) is 0. The van der Waals surface area contributed by atoms with Gasteiger partial charge in [0.15, 0.2) is 0 Å². The van der Waals surface area contributed by atoms with Gasteiger partial charge < -0.3 is 5.32 Å². The van der Waals surface area contributed by atoms with E-state index in [4.69, 9.17) is 23.2 Å². The molecule has 0 atom stereocenters.